The summed E-state index contributed by atoms with van der Waals surface area (Å²) in [6.07, 6.45) is 4.76. The first kappa shape index (κ1) is 20.0. The minimum absolute atomic E-state index is 0.0376. The number of phenols is 1. The van der Waals surface area contributed by atoms with Crippen LogP contribution in [0.2, 0.25) is 5.02 Å². The number of carbonyl (C=O) groups is 1. The maximum absolute atomic E-state index is 13.0. The first-order valence-corrected chi connectivity index (χ1v) is 10.2. The molecule has 6 nitrogen and oxygen atoms in total. The molecule has 1 amide bonds. The lowest BCUT2D eigenvalue weighted by atomic mass is 10.2. The lowest BCUT2D eigenvalue weighted by molar-refractivity contribution is -0.122. The highest BCUT2D eigenvalue weighted by molar-refractivity contribution is 8.18. The number of phenolic OH excluding ortho intramolecular Hbond substituents is 1. The molecule has 0 bridgehead atoms. The number of amides is 1. The van der Waals surface area contributed by atoms with Gasteiger partial charge in [-0.1, -0.05) is 41.9 Å². The molecule has 1 aromatic heterocycles. The molecule has 0 radical (unpaired) electrons. The third-order valence-electron chi connectivity index (χ3n) is 4.21. The molecule has 30 heavy (non-hydrogen) atoms. The summed E-state index contributed by atoms with van der Waals surface area (Å²) in [6.45, 7) is 0.238. The van der Waals surface area contributed by atoms with Crippen LogP contribution in [-0.4, -0.2) is 27.3 Å². The number of halogens is 1. The fraction of sp³-hybridized carbons (Fsp3) is 0.0455. The smallest absolute Gasteiger partial charge is 0.267 e. The predicted molar refractivity (Wildman–Crippen MR) is 119 cm³/mol. The highest BCUT2D eigenvalue weighted by Gasteiger charge is 2.34. The summed E-state index contributed by atoms with van der Waals surface area (Å²) in [5.41, 5.74) is 1.35. The zero-order valence-corrected chi connectivity index (χ0v) is 17.2. The molecule has 2 heterocycles. The van der Waals surface area contributed by atoms with Crippen LogP contribution in [0.15, 0.2) is 86.5 Å². The van der Waals surface area contributed by atoms with E-state index in [-0.39, 0.29) is 18.2 Å². The van der Waals surface area contributed by atoms with E-state index in [1.165, 1.54) is 28.9 Å². The van der Waals surface area contributed by atoms with Gasteiger partial charge in [0, 0.05) is 10.6 Å². The highest BCUT2D eigenvalue weighted by Crippen LogP contribution is 2.33. The second kappa shape index (κ2) is 9.02. The average Bonchev–Trinajstić information content (AvgIpc) is 3.36. The molecular weight excluding hydrogens is 422 g/mol. The Balaban J connectivity index is 1.63. The molecule has 2 aromatic carbocycles. The molecule has 1 N–H and O–H groups in total. The van der Waals surface area contributed by atoms with E-state index in [9.17, 15) is 9.90 Å². The molecule has 0 saturated carbocycles. The Morgan fingerprint density at radius 3 is 2.73 bits per heavy atom. The number of benzene rings is 2. The highest BCUT2D eigenvalue weighted by atomic mass is 35.5. The van der Waals surface area contributed by atoms with Gasteiger partial charge < -0.3 is 9.52 Å². The molecule has 1 aliphatic rings. The van der Waals surface area contributed by atoms with Crippen molar-refractivity contribution in [2.24, 2.45) is 10.2 Å². The third kappa shape index (κ3) is 4.64. The van der Waals surface area contributed by atoms with Gasteiger partial charge in [-0.3, -0.25) is 9.69 Å². The van der Waals surface area contributed by atoms with Gasteiger partial charge in [0.2, 0.25) is 0 Å². The SMILES string of the molecule is O=C1/C(=C/c2ccccc2)S/C(=N\N=C\c2cc(Cl)ccc2O)N1Cc1ccco1. The lowest BCUT2D eigenvalue weighted by Crippen LogP contribution is -2.28. The second-order valence-corrected chi connectivity index (χ2v) is 7.77. The van der Waals surface area contributed by atoms with Crippen molar-refractivity contribution >= 4 is 46.7 Å². The van der Waals surface area contributed by atoms with Gasteiger partial charge in [-0.15, -0.1) is 5.10 Å². The fourth-order valence-corrected chi connectivity index (χ4v) is 3.87. The van der Waals surface area contributed by atoms with Crippen LogP contribution in [0, 0.1) is 0 Å². The van der Waals surface area contributed by atoms with Gasteiger partial charge in [-0.2, -0.15) is 5.10 Å². The Bertz CT molecular complexity index is 1140. The van der Waals surface area contributed by atoms with Crippen LogP contribution in [0.3, 0.4) is 0 Å². The van der Waals surface area contributed by atoms with Gasteiger partial charge in [0.1, 0.15) is 11.5 Å². The molecule has 1 fully saturated rings. The molecule has 150 valence electrons. The molecule has 1 aliphatic heterocycles. The number of furan rings is 1. The molecule has 8 heteroatoms. The van der Waals surface area contributed by atoms with Crippen LogP contribution in [0.1, 0.15) is 16.9 Å². The number of hydrogen-bond donors (Lipinski definition) is 1. The lowest BCUT2D eigenvalue weighted by Gasteiger charge is -2.12. The van der Waals surface area contributed by atoms with Gasteiger partial charge in [-0.05, 0) is 53.7 Å². The Morgan fingerprint density at radius 2 is 1.97 bits per heavy atom. The number of carbonyl (C=O) groups excluding carboxylic acids is 1. The van der Waals surface area contributed by atoms with Gasteiger partial charge in [-0.25, -0.2) is 0 Å². The van der Waals surface area contributed by atoms with E-state index in [0.29, 0.717) is 26.4 Å². The van der Waals surface area contributed by atoms with E-state index in [1.807, 2.05) is 36.4 Å². The Morgan fingerprint density at radius 1 is 1.13 bits per heavy atom. The standard InChI is InChI=1S/C22H16ClN3O3S/c23-17-8-9-19(27)16(12-17)13-24-25-22-26(14-18-7-4-10-29-18)21(28)20(30-22)11-15-5-2-1-3-6-15/h1-13,27H,14H2/b20-11-,24-13+,25-22-. The van der Waals surface area contributed by atoms with Crippen molar-refractivity contribution in [3.8, 4) is 5.75 Å². The summed E-state index contributed by atoms with van der Waals surface area (Å²) < 4.78 is 5.38. The second-order valence-electron chi connectivity index (χ2n) is 6.32. The van der Waals surface area contributed by atoms with Gasteiger partial charge in [0.05, 0.1) is 23.9 Å². The minimum atomic E-state index is -0.181. The summed E-state index contributed by atoms with van der Waals surface area (Å²) in [6, 6.07) is 17.8. The van der Waals surface area contributed by atoms with Crippen molar-refractivity contribution in [1.29, 1.82) is 0 Å². The molecule has 1 saturated heterocycles. The maximum Gasteiger partial charge on any atom is 0.267 e. The summed E-state index contributed by atoms with van der Waals surface area (Å²) in [5, 5.41) is 19.1. The van der Waals surface area contributed by atoms with E-state index < -0.39 is 0 Å². The van der Waals surface area contributed by atoms with Crippen molar-refractivity contribution in [3.63, 3.8) is 0 Å². The minimum Gasteiger partial charge on any atom is -0.507 e. The Kier molecular flexibility index (Phi) is 6.02. The monoisotopic (exact) mass is 437 g/mol. The zero-order valence-electron chi connectivity index (χ0n) is 15.6. The third-order valence-corrected chi connectivity index (χ3v) is 5.44. The van der Waals surface area contributed by atoms with Crippen LogP contribution in [-0.2, 0) is 11.3 Å². The number of thioether (sulfide) groups is 1. The molecule has 0 unspecified atom stereocenters. The number of rotatable bonds is 5. The van der Waals surface area contributed by atoms with E-state index in [4.69, 9.17) is 16.0 Å². The number of hydrogen-bond acceptors (Lipinski definition) is 6. The van der Waals surface area contributed by atoms with E-state index in [1.54, 1.807) is 30.5 Å². The first-order valence-electron chi connectivity index (χ1n) is 8.98. The van der Waals surface area contributed by atoms with Crippen molar-refractivity contribution in [2.75, 3.05) is 0 Å². The van der Waals surface area contributed by atoms with Crippen LogP contribution in [0.5, 0.6) is 5.75 Å². The maximum atomic E-state index is 13.0. The van der Waals surface area contributed by atoms with E-state index in [0.717, 1.165) is 5.56 Å². The van der Waals surface area contributed by atoms with Crippen LogP contribution in [0.4, 0.5) is 0 Å². The fourth-order valence-electron chi connectivity index (χ4n) is 2.75. The van der Waals surface area contributed by atoms with Crippen LogP contribution in [0.25, 0.3) is 6.08 Å². The molecule has 0 spiro atoms. The van der Waals surface area contributed by atoms with Crippen LogP contribution < -0.4 is 0 Å². The summed E-state index contributed by atoms with van der Waals surface area (Å²) >= 11 is 7.19. The zero-order chi connectivity index (χ0) is 20.9. The van der Waals surface area contributed by atoms with E-state index in [2.05, 4.69) is 10.2 Å². The summed E-state index contributed by atoms with van der Waals surface area (Å²) in [5.74, 6) is 0.490. The molecule has 0 aliphatic carbocycles. The molecule has 4 rings (SSSR count). The molecule has 3 aromatic rings. The Labute approximate surface area is 182 Å². The first-order chi connectivity index (χ1) is 14.6. The average molecular weight is 438 g/mol. The summed E-state index contributed by atoms with van der Waals surface area (Å²) in [4.78, 5) is 15.0. The van der Waals surface area contributed by atoms with Crippen molar-refractivity contribution in [2.45, 2.75) is 6.54 Å². The van der Waals surface area contributed by atoms with Gasteiger partial charge in [0.25, 0.3) is 5.91 Å². The van der Waals surface area contributed by atoms with Crippen LogP contribution >= 0.6 is 23.4 Å². The number of amidine groups is 1. The quantitative estimate of drug-likeness (QED) is 0.340. The molecular formula is C22H16ClN3O3S. The van der Waals surface area contributed by atoms with Crippen molar-refractivity contribution < 1.29 is 14.3 Å². The summed E-state index contributed by atoms with van der Waals surface area (Å²) in [7, 11) is 0. The number of aromatic hydroxyl groups is 1. The largest absolute Gasteiger partial charge is 0.507 e. The van der Waals surface area contributed by atoms with Crippen molar-refractivity contribution in [1.82, 2.24) is 4.90 Å². The van der Waals surface area contributed by atoms with Gasteiger partial charge >= 0.3 is 0 Å². The Hall–Kier alpha value is -3.29. The topological polar surface area (TPSA) is 78.4 Å². The van der Waals surface area contributed by atoms with E-state index >= 15 is 0 Å². The number of nitrogens with zero attached hydrogens (tertiary/aromatic N) is 3. The molecule has 0 atom stereocenters. The predicted octanol–water partition coefficient (Wildman–Crippen LogP) is 5.15. The normalized spacial score (nSPS) is 17.0. The van der Waals surface area contributed by atoms with Gasteiger partial charge in [0.15, 0.2) is 5.17 Å². The van der Waals surface area contributed by atoms with Crippen molar-refractivity contribution in [3.05, 3.63) is 93.7 Å².